The van der Waals surface area contributed by atoms with Crippen molar-refractivity contribution in [2.45, 2.75) is 46.5 Å². The molecular formula is C16H24O3. The summed E-state index contributed by atoms with van der Waals surface area (Å²) < 4.78 is 5.14. The van der Waals surface area contributed by atoms with Crippen LogP contribution in [0.2, 0.25) is 0 Å². The smallest absolute Gasteiger partial charge is 0.341 e. The number of esters is 1. The van der Waals surface area contributed by atoms with E-state index in [4.69, 9.17) is 4.74 Å². The summed E-state index contributed by atoms with van der Waals surface area (Å²) in [7, 11) is 0. The van der Waals surface area contributed by atoms with E-state index in [1.165, 1.54) is 12.5 Å². The van der Waals surface area contributed by atoms with Gasteiger partial charge in [0.25, 0.3) is 0 Å². The highest BCUT2D eigenvalue weighted by Crippen LogP contribution is 2.22. The Balaban J connectivity index is 2.20. The van der Waals surface area contributed by atoms with Gasteiger partial charge in [-0.15, -0.1) is 0 Å². The normalized spacial score (nSPS) is 11.3. The van der Waals surface area contributed by atoms with Crippen molar-refractivity contribution >= 4 is 5.97 Å². The van der Waals surface area contributed by atoms with E-state index >= 15 is 0 Å². The number of unbranched alkanes of at least 4 members (excludes halogenated alkanes) is 2. The van der Waals surface area contributed by atoms with Crippen LogP contribution in [0.4, 0.5) is 0 Å². The molecule has 1 rings (SSSR count). The second-order valence-corrected chi connectivity index (χ2v) is 6.02. The average molecular weight is 264 g/mol. The van der Waals surface area contributed by atoms with Gasteiger partial charge in [-0.05, 0) is 30.4 Å². The van der Waals surface area contributed by atoms with Gasteiger partial charge < -0.3 is 9.84 Å². The quantitative estimate of drug-likeness (QED) is 0.620. The molecule has 0 radical (unpaired) electrons. The first kappa shape index (κ1) is 15.5. The number of phenolic OH excluding ortho intramolecular Hbond substituents is 1. The van der Waals surface area contributed by atoms with E-state index in [1.807, 2.05) is 0 Å². The maximum atomic E-state index is 11.7. The third-order valence-electron chi connectivity index (χ3n) is 2.93. The Kier molecular flexibility index (Phi) is 5.87. The van der Waals surface area contributed by atoms with E-state index < -0.39 is 5.97 Å². The van der Waals surface area contributed by atoms with Gasteiger partial charge in [-0.1, -0.05) is 45.7 Å². The summed E-state index contributed by atoms with van der Waals surface area (Å²) in [6.45, 7) is 7.10. The molecule has 0 atom stereocenters. The number of para-hydroxylation sites is 1. The van der Waals surface area contributed by atoms with Crippen molar-refractivity contribution in [3.8, 4) is 5.75 Å². The van der Waals surface area contributed by atoms with Crippen LogP contribution in [0.3, 0.4) is 0 Å². The number of rotatable bonds is 6. The maximum absolute atomic E-state index is 11.7. The van der Waals surface area contributed by atoms with Crippen molar-refractivity contribution in [1.82, 2.24) is 0 Å². The molecule has 0 heterocycles. The number of hydrogen-bond acceptors (Lipinski definition) is 3. The molecule has 3 nitrogen and oxygen atoms in total. The number of carbonyl (C=O) groups excluding carboxylic acids is 1. The van der Waals surface area contributed by atoms with Gasteiger partial charge in [-0.25, -0.2) is 4.79 Å². The van der Waals surface area contributed by atoms with Gasteiger partial charge in [0.1, 0.15) is 11.3 Å². The molecule has 0 saturated carbocycles. The first-order valence-electron chi connectivity index (χ1n) is 6.85. The van der Waals surface area contributed by atoms with Crippen molar-refractivity contribution in [2.24, 2.45) is 5.41 Å². The molecule has 0 aliphatic rings. The Hall–Kier alpha value is -1.51. The predicted molar refractivity (Wildman–Crippen MR) is 76.3 cm³/mol. The highest BCUT2D eigenvalue weighted by atomic mass is 16.5. The summed E-state index contributed by atoms with van der Waals surface area (Å²) in [6.07, 6.45) is 4.26. The van der Waals surface area contributed by atoms with E-state index in [0.717, 1.165) is 19.3 Å². The molecule has 0 saturated heterocycles. The molecular weight excluding hydrogens is 240 g/mol. The topological polar surface area (TPSA) is 46.5 Å². The summed E-state index contributed by atoms with van der Waals surface area (Å²) in [5.41, 5.74) is 0.601. The summed E-state index contributed by atoms with van der Waals surface area (Å²) in [5, 5.41) is 9.51. The Labute approximate surface area is 115 Å². The standard InChI is InChI=1S/C16H24O3/c1-16(2,3)11-7-4-8-12-19-15(18)13-9-5-6-10-14(13)17/h5-6,9-10,17H,4,7-8,11-12H2,1-3H3. The maximum Gasteiger partial charge on any atom is 0.341 e. The molecule has 0 aliphatic heterocycles. The van der Waals surface area contributed by atoms with Crippen molar-refractivity contribution in [3.63, 3.8) is 0 Å². The summed E-state index contributed by atoms with van der Waals surface area (Å²) >= 11 is 0. The van der Waals surface area contributed by atoms with Crippen molar-refractivity contribution in [2.75, 3.05) is 6.61 Å². The molecule has 0 amide bonds. The third-order valence-corrected chi connectivity index (χ3v) is 2.93. The Morgan fingerprint density at radius 1 is 1.16 bits per heavy atom. The van der Waals surface area contributed by atoms with Crippen LogP contribution < -0.4 is 0 Å². The van der Waals surface area contributed by atoms with Gasteiger partial charge in [0.15, 0.2) is 0 Å². The van der Waals surface area contributed by atoms with Gasteiger partial charge in [0.05, 0.1) is 6.61 Å². The minimum absolute atomic E-state index is 0.0276. The van der Waals surface area contributed by atoms with Gasteiger partial charge in [0, 0.05) is 0 Å². The molecule has 0 aliphatic carbocycles. The summed E-state index contributed by atoms with van der Waals surface area (Å²) in [6, 6.07) is 6.44. The zero-order valence-electron chi connectivity index (χ0n) is 12.1. The highest BCUT2D eigenvalue weighted by Gasteiger charge is 2.12. The molecule has 0 aromatic heterocycles. The number of phenols is 1. The van der Waals surface area contributed by atoms with Crippen LogP contribution in [-0.4, -0.2) is 17.7 Å². The fourth-order valence-corrected chi connectivity index (χ4v) is 1.82. The minimum atomic E-state index is -0.450. The number of aromatic hydroxyl groups is 1. The molecule has 0 unspecified atom stereocenters. The SMILES string of the molecule is CC(C)(C)CCCCCOC(=O)c1ccccc1O. The van der Waals surface area contributed by atoms with Crippen LogP contribution in [0.5, 0.6) is 5.75 Å². The minimum Gasteiger partial charge on any atom is -0.507 e. The molecule has 1 N–H and O–H groups in total. The van der Waals surface area contributed by atoms with Gasteiger partial charge in [-0.3, -0.25) is 0 Å². The molecule has 19 heavy (non-hydrogen) atoms. The van der Waals surface area contributed by atoms with E-state index in [9.17, 15) is 9.90 Å². The first-order chi connectivity index (χ1) is 8.90. The van der Waals surface area contributed by atoms with E-state index in [0.29, 0.717) is 12.0 Å². The van der Waals surface area contributed by atoms with E-state index in [-0.39, 0.29) is 11.3 Å². The Morgan fingerprint density at radius 2 is 1.84 bits per heavy atom. The Bertz CT molecular complexity index is 405. The third kappa shape index (κ3) is 6.27. The summed E-state index contributed by atoms with van der Waals surface area (Å²) in [4.78, 5) is 11.7. The molecule has 3 heteroatoms. The van der Waals surface area contributed by atoms with Crippen LogP contribution >= 0.6 is 0 Å². The number of ether oxygens (including phenoxy) is 1. The molecule has 0 bridgehead atoms. The van der Waals surface area contributed by atoms with Crippen LogP contribution in [0.1, 0.15) is 56.8 Å². The van der Waals surface area contributed by atoms with Crippen LogP contribution in [0.15, 0.2) is 24.3 Å². The van der Waals surface area contributed by atoms with E-state index in [1.54, 1.807) is 18.2 Å². The monoisotopic (exact) mass is 264 g/mol. The van der Waals surface area contributed by atoms with Crippen LogP contribution in [0.25, 0.3) is 0 Å². The summed E-state index contributed by atoms with van der Waals surface area (Å²) in [5.74, 6) is -0.478. The van der Waals surface area contributed by atoms with Gasteiger partial charge >= 0.3 is 5.97 Å². The van der Waals surface area contributed by atoms with Gasteiger partial charge in [0.2, 0.25) is 0 Å². The van der Waals surface area contributed by atoms with Crippen molar-refractivity contribution < 1.29 is 14.6 Å². The number of hydrogen-bond donors (Lipinski definition) is 1. The number of benzene rings is 1. The average Bonchev–Trinajstić information content (AvgIpc) is 2.32. The zero-order chi connectivity index (χ0) is 14.3. The first-order valence-corrected chi connectivity index (χ1v) is 6.85. The zero-order valence-corrected chi connectivity index (χ0v) is 12.1. The van der Waals surface area contributed by atoms with Crippen LogP contribution in [0, 0.1) is 5.41 Å². The highest BCUT2D eigenvalue weighted by molar-refractivity contribution is 5.92. The lowest BCUT2D eigenvalue weighted by Crippen LogP contribution is -2.07. The van der Waals surface area contributed by atoms with Crippen LogP contribution in [-0.2, 0) is 4.74 Å². The molecule has 1 aromatic carbocycles. The molecule has 106 valence electrons. The number of carbonyl (C=O) groups is 1. The molecule has 0 spiro atoms. The second-order valence-electron chi connectivity index (χ2n) is 6.02. The fraction of sp³-hybridized carbons (Fsp3) is 0.562. The Morgan fingerprint density at radius 3 is 2.47 bits per heavy atom. The second kappa shape index (κ2) is 7.17. The largest absolute Gasteiger partial charge is 0.507 e. The van der Waals surface area contributed by atoms with Gasteiger partial charge in [-0.2, -0.15) is 0 Å². The predicted octanol–water partition coefficient (Wildman–Crippen LogP) is 4.16. The fourth-order valence-electron chi connectivity index (χ4n) is 1.82. The lowest BCUT2D eigenvalue weighted by Gasteiger charge is -2.17. The molecule has 1 aromatic rings. The van der Waals surface area contributed by atoms with Crippen molar-refractivity contribution in [1.29, 1.82) is 0 Å². The lowest BCUT2D eigenvalue weighted by molar-refractivity contribution is 0.0493. The lowest BCUT2D eigenvalue weighted by atomic mass is 9.89. The van der Waals surface area contributed by atoms with E-state index in [2.05, 4.69) is 20.8 Å². The molecule has 0 fully saturated rings. The van der Waals surface area contributed by atoms with Crippen molar-refractivity contribution in [3.05, 3.63) is 29.8 Å².